The third-order valence-corrected chi connectivity index (χ3v) is 4.85. The van der Waals surface area contributed by atoms with Gasteiger partial charge in [-0.2, -0.15) is 0 Å². The summed E-state index contributed by atoms with van der Waals surface area (Å²) >= 11 is 0. The molecule has 80 valence electrons. The Labute approximate surface area is 89.7 Å². The van der Waals surface area contributed by atoms with E-state index < -0.39 is 0 Å². The number of fused-ring (bicyclic) bond motifs is 2. The monoisotopic (exact) mass is 204 g/mol. The van der Waals surface area contributed by atoms with Crippen LogP contribution in [0.5, 0.6) is 0 Å². The third kappa shape index (κ3) is 1.05. The van der Waals surface area contributed by atoms with E-state index in [9.17, 15) is 9.59 Å². The summed E-state index contributed by atoms with van der Waals surface area (Å²) < 4.78 is 0. The molecule has 4 rings (SSSR count). The highest BCUT2D eigenvalue weighted by molar-refractivity contribution is 6.03. The Morgan fingerprint density at radius 2 is 2.07 bits per heavy atom. The van der Waals surface area contributed by atoms with Gasteiger partial charge in [-0.25, -0.2) is 0 Å². The van der Waals surface area contributed by atoms with E-state index in [-0.39, 0.29) is 5.41 Å². The van der Waals surface area contributed by atoms with Crippen LogP contribution in [0.2, 0.25) is 0 Å². The van der Waals surface area contributed by atoms with Crippen LogP contribution >= 0.6 is 0 Å². The normalized spacial score (nSPS) is 44.4. The average Bonchev–Trinajstić information content (AvgIpc) is 2.24. The molecule has 0 heterocycles. The number of carbonyl (C=O) groups excluding carboxylic acids is 2. The molecule has 0 aromatic rings. The second-order valence-electron chi connectivity index (χ2n) is 5.42. The molecule has 0 aliphatic heterocycles. The lowest BCUT2D eigenvalue weighted by molar-refractivity contribution is -0.144. The van der Waals surface area contributed by atoms with E-state index in [1.54, 1.807) is 0 Å². The second-order valence-corrected chi connectivity index (χ2v) is 5.42. The summed E-state index contributed by atoms with van der Waals surface area (Å²) in [6.45, 7) is 3.95. The van der Waals surface area contributed by atoms with Crippen LogP contribution in [0.25, 0.3) is 0 Å². The van der Waals surface area contributed by atoms with Gasteiger partial charge in [-0.1, -0.05) is 6.58 Å². The van der Waals surface area contributed by atoms with E-state index >= 15 is 0 Å². The molecule has 4 aliphatic carbocycles. The molecule has 2 bridgehead atoms. The minimum Gasteiger partial charge on any atom is -0.300 e. The van der Waals surface area contributed by atoms with Crippen LogP contribution in [0.15, 0.2) is 12.2 Å². The van der Waals surface area contributed by atoms with Crippen molar-refractivity contribution in [3.8, 4) is 0 Å². The highest BCUT2D eigenvalue weighted by atomic mass is 16.1. The molecule has 4 saturated carbocycles. The summed E-state index contributed by atoms with van der Waals surface area (Å²) in [6.07, 6.45) is 5.22. The van der Waals surface area contributed by atoms with Crippen LogP contribution in [0.1, 0.15) is 38.5 Å². The van der Waals surface area contributed by atoms with Crippen molar-refractivity contribution in [2.75, 3.05) is 0 Å². The van der Waals surface area contributed by atoms with Gasteiger partial charge < -0.3 is 0 Å². The number of carbonyl (C=O) groups is 2. The Bertz CT molecular complexity index is 369. The highest BCUT2D eigenvalue weighted by Crippen LogP contribution is 2.58. The van der Waals surface area contributed by atoms with Crippen LogP contribution in [0, 0.1) is 17.3 Å². The molecule has 0 aromatic carbocycles. The first kappa shape index (κ1) is 9.32. The van der Waals surface area contributed by atoms with E-state index in [0.29, 0.717) is 36.2 Å². The number of Topliss-reactive ketones (excluding diaryl/α,β-unsaturated/α-hetero) is 2. The fourth-order valence-corrected chi connectivity index (χ4v) is 3.90. The van der Waals surface area contributed by atoms with Gasteiger partial charge in [0.1, 0.15) is 5.78 Å². The van der Waals surface area contributed by atoms with Gasteiger partial charge in [0, 0.05) is 18.3 Å². The Balaban J connectivity index is 2.02. The quantitative estimate of drug-likeness (QED) is 0.567. The van der Waals surface area contributed by atoms with E-state index in [1.165, 1.54) is 0 Å². The van der Waals surface area contributed by atoms with Gasteiger partial charge in [-0.05, 0) is 43.1 Å². The van der Waals surface area contributed by atoms with Crippen molar-refractivity contribution >= 4 is 11.6 Å². The average molecular weight is 204 g/mol. The largest absolute Gasteiger partial charge is 0.300 e. The summed E-state index contributed by atoms with van der Waals surface area (Å²) in [6, 6.07) is 0. The maximum atomic E-state index is 12.2. The SMILES string of the molecule is C=C1C(=O)[C@@]23CCC(=O)C[C@@H]2C[C@@H]1CC3. The smallest absolute Gasteiger partial charge is 0.164 e. The van der Waals surface area contributed by atoms with Crippen LogP contribution in [0.4, 0.5) is 0 Å². The maximum absolute atomic E-state index is 12.2. The van der Waals surface area contributed by atoms with Crippen LogP contribution in [0.3, 0.4) is 0 Å². The molecule has 1 spiro atoms. The molecule has 0 unspecified atom stereocenters. The number of ketones is 2. The van der Waals surface area contributed by atoms with Gasteiger partial charge in [-0.3, -0.25) is 9.59 Å². The van der Waals surface area contributed by atoms with Gasteiger partial charge in [0.25, 0.3) is 0 Å². The number of hydrogen-bond acceptors (Lipinski definition) is 2. The van der Waals surface area contributed by atoms with Gasteiger partial charge in [0.15, 0.2) is 5.78 Å². The molecule has 2 heteroatoms. The molecular formula is C13H16O2. The third-order valence-electron chi connectivity index (χ3n) is 4.85. The Hall–Kier alpha value is -0.920. The van der Waals surface area contributed by atoms with Crippen molar-refractivity contribution in [3.05, 3.63) is 12.2 Å². The Kier molecular flexibility index (Phi) is 1.74. The van der Waals surface area contributed by atoms with Crippen molar-refractivity contribution in [3.63, 3.8) is 0 Å². The second kappa shape index (κ2) is 2.81. The fourth-order valence-electron chi connectivity index (χ4n) is 3.90. The van der Waals surface area contributed by atoms with Crippen LogP contribution < -0.4 is 0 Å². The van der Waals surface area contributed by atoms with E-state index in [4.69, 9.17) is 0 Å². The van der Waals surface area contributed by atoms with Gasteiger partial charge in [0.05, 0.1) is 0 Å². The Morgan fingerprint density at radius 3 is 2.87 bits per heavy atom. The highest BCUT2D eigenvalue weighted by Gasteiger charge is 2.56. The lowest BCUT2D eigenvalue weighted by atomic mass is 9.49. The number of rotatable bonds is 0. The molecule has 4 aliphatic rings. The Morgan fingerprint density at radius 1 is 1.27 bits per heavy atom. The number of hydrogen-bond donors (Lipinski definition) is 0. The zero-order valence-corrected chi connectivity index (χ0v) is 8.92. The van der Waals surface area contributed by atoms with E-state index in [0.717, 1.165) is 31.3 Å². The molecule has 0 aromatic heterocycles. The summed E-state index contributed by atoms with van der Waals surface area (Å²) in [5.74, 6) is 1.38. The lowest BCUT2D eigenvalue weighted by Crippen LogP contribution is -2.53. The van der Waals surface area contributed by atoms with Crippen molar-refractivity contribution in [1.82, 2.24) is 0 Å². The van der Waals surface area contributed by atoms with E-state index in [2.05, 4.69) is 6.58 Å². The molecular weight excluding hydrogens is 188 g/mol. The van der Waals surface area contributed by atoms with Gasteiger partial charge in [-0.15, -0.1) is 0 Å². The lowest BCUT2D eigenvalue weighted by Gasteiger charge is -2.53. The topological polar surface area (TPSA) is 34.1 Å². The molecule has 2 nitrogen and oxygen atoms in total. The first-order valence-electron chi connectivity index (χ1n) is 5.89. The van der Waals surface area contributed by atoms with Gasteiger partial charge >= 0.3 is 0 Å². The summed E-state index contributed by atoms with van der Waals surface area (Å²) in [4.78, 5) is 23.7. The molecule has 3 atom stereocenters. The molecule has 0 radical (unpaired) electrons. The summed E-state index contributed by atoms with van der Waals surface area (Å²) in [7, 11) is 0. The molecule has 15 heavy (non-hydrogen) atoms. The predicted octanol–water partition coefficient (Wildman–Crippen LogP) is 2.28. The zero-order valence-electron chi connectivity index (χ0n) is 8.92. The predicted molar refractivity (Wildman–Crippen MR) is 56.3 cm³/mol. The fraction of sp³-hybridized carbons (Fsp3) is 0.692. The van der Waals surface area contributed by atoms with Gasteiger partial charge in [0.2, 0.25) is 0 Å². The number of allylic oxidation sites excluding steroid dienone is 1. The first-order chi connectivity index (χ1) is 7.13. The molecule has 0 N–H and O–H groups in total. The maximum Gasteiger partial charge on any atom is 0.164 e. The zero-order chi connectivity index (χ0) is 10.6. The minimum atomic E-state index is -0.167. The first-order valence-corrected chi connectivity index (χ1v) is 5.89. The van der Waals surface area contributed by atoms with Crippen molar-refractivity contribution in [1.29, 1.82) is 0 Å². The van der Waals surface area contributed by atoms with E-state index in [1.807, 2.05) is 0 Å². The summed E-state index contributed by atoms with van der Waals surface area (Å²) in [5.41, 5.74) is 0.687. The van der Waals surface area contributed by atoms with Crippen molar-refractivity contribution in [2.24, 2.45) is 17.3 Å². The molecule has 4 fully saturated rings. The minimum absolute atomic E-state index is 0.167. The standard InChI is InChI=1S/C13H16O2/c1-8-9-2-4-13(12(8)15)5-3-11(14)7-10(13)6-9/h9-10H,1-7H2/t9-,10-,13-/m0/s1. The molecule has 0 amide bonds. The van der Waals surface area contributed by atoms with Crippen molar-refractivity contribution < 1.29 is 9.59 Å². The van der Waals surface area contributed by atoms with Crippen molar-refractivity contribution in [2.45, 2.75) is 38.5 Å². The van der Waals surface area contributed by atoms with Crippen LogP contribution in [-0.4, -0.2) is 11.6 Å². The summed E-state index contributed by atoms with van der Waals surface area (Å²) in [5, 5.41) is 0. The molecule has 0 saturated heterocycles. The van der Waals surface area contributed by atoms with Crippen LogP contribution in [-0.2, 0) is 9.59 Å².